The fraction of sp³-hybridized carbons (Fsp3) is 0.111. The normalized spacial score (nSPS) is 10.9. The number of aromatic nitrogens is 1. The molecule has 0 aliphatic rings. The van der Waals surface area contributed by atoms with Crippen molar-refractivity contribution in [1.82, 2.24) is 10.4 Å². The standard InChI is InChI=1S/C9H13N5O/c1-6(15)13-9-4-7(2-3-12-9)8(5-10)14-11/h2-5,14H,10-11H2,1H3,(H,12,13,15)/b8-5-. The molecular weight excluding hydrogens is 194 g/mol. The van der Waals surface area contributed by atoms with E-state index >= 15 is 0 Å². The third-order valence-electron chi connectivity index (χ3n) is 1.70. The van der Waals surface area contributed by atoms with Crippen molar-refractivity contribution in [3.05, 3.63) is 30.1 Å². The van der Waals surface area contributed by atoms with Crippen molar-refractivity contribution in [3.63, 3.8) is 0 Å². The van der Waals surface area contributed by atoms with Crippen molar-refractivity contribution in [2.75, 3.05) is 5.32 Å². The van der Waals surface area contributed by atoms with Crippen LogP contribution in [-0.2, 0) is 4.79 Å². The molecular formula is C9H13N5O. The van der Waals surface area contributed by atoms with Crippen LogP contribution in [0.5, 0.6) is 0 Å². The SMILES string of the molecule is CC(=O)Nc1cc(/C(=C/N)NN)ccn1. The van der Waals surface area contributed by atoms with E-state index < -0.39 is 0 Å². The third kappa shape index (κ3) is 2.96. The zero-order valence-electron chi connectivity index (χ0n) is 8.32. The van der Waals surface area contributed by atoms with Crippen LogP contribution in [0.3, 0.4) is 0 Å². The zero-order valence-corrected chi connectivity index (χ0v) is 8.32. The number of carbonyl (C=O) groups excluding carboxylic acids is 1. The average molecular weight is 207 g/mol. The zero-order chi connectivity index (χ0) is 11.3. The number of hydrogen-bond acceptors (Lipinski definition) is 5. The first-order chi connectivity index (χ1) is 7.17. The van der Waals surface area contributed by atoms with E-state index in [1.807, 2.05) is 0 Å². The molecule has 1 rings (SSSR count). The predicted octanol–water partition coefficient (Wildman–Crippen LogP) is -0.240. The molecule has 6 heteroatoms. The van der Waals surface area contributed by atoms with Crippen LogP contribution in [0.4, 0.5) is 5.82 Å². The highest BCUT2D eigenvalue weighted by atomic mass is 16.1. The molecule has 80 valence electrons. The second kappa shape index (κ2) is 4.97. The fourth-order valence-corrected chi connectivity index (χ4v) is 1.07. The van der Waals surface area contributed by atoms with Gasteiger partial charge in [0.1, 0.15) is 5.82 Å². The molecule has 0 aliphatic heterocycles. The van der Waals surface area contributed by atoms with Gasteiger partial charge in [-0.2, -0.15) is 0 Å². The highest BCUT2D eigenvalue weighted by Gasteiger charge is 2.02. The summed E-state index contributed by atoms with van der Waals surface area (Å²) < 4.78 is 0. The van der Waals surface area contributed by atoms with Crippen molar-refractivity contribution < 1.29 is 4.79 Å². The molecule has 1 aromatic rings. The molecule has 6 nitrogen and oxygen atoms in total. The molecule has 1 amide bonds. The quantitative estimate of drug-likeness (QED) is 0.404. The summed E-state index contributed by atoms with van der Waals surface area (Å²) in [6, 6.07) is 3.39. The van der Waals surface area contributed by atoms with Crippen LogP contribution < -0.4 is 22.3 Å². The van der Waals surface area contributed by atoms with Gasteiger partial charge in [-0.05, 0) is 12.1 Å². The second-order valence-corrected chi connectivity index (χ2v) is 2.84. The van der Waals surface area contributed by atoms with Crippen molar-refractivity contribution in [3.8, 4) is 0 Å². The van der Waals surface area contributed by atoms with Crippen molar-refractivity contribution >= 4 is 17.4 Å². The first-order valence-electron chi connectivity index (χ1n) is 4.30. The van der Waals surface area contributed by atoms with Gasteiger partial charge in [0.25, 0.3) is 0 Å². The first-order valence-corrected chi connectivity index (χ1v) is 4.30. The lowest BCUT2D eigenvalue weighted by Gasteiger charge is -2.07. The van der Waals surface area contributed by atoms with Gasteiger partial charge in [0.15, 0.2) is 0 Å². The van der Waals surface area contributed by atoms with Gasteiger partial charge >= 0.3 is 0 Å². The number of amides is 1. The Morgan fingerprint density at radius 1 is 1.60 bits per heavy atom. The molecule has 0 fully saturated rings. The minimum atomic E-state index is -0.182. The Kier molecular flexibility index (Phi) is 3.64. The Morgan fingerprint density at radius 3 is 2.87 bits per heavy atom. The number of nitrogens with one attached hydrogen (secondary N) is 2. The molecule has 15 heavy (non-hydrogen) atoms. The maximum absolute atomic E-state index is 10.8. The minimum absolute atomic E-state index is 0.182. The van der Waals surface area contributed by atoms with E-state index in [9.17, 15) is 4.79 Å². The summed E-state index contributed by atoms with van der Waals surface area (Å²) in [6.45, 7) is 1.41. The van der Waals surface area contributed by atoms with E-state index in [1.165, 1.54) is 13.1 Å². The van der Waals surface area contributed by atoms with Gasteiger partial charge < -0.3 is 16.5 Å². The lowest BCUT2D eigenvalue weighted by Crippen LogP contribution is -2.21. The third-order valence-corrected chi connectivity index (χ3v) is 1.70. The molecule has 6 N–H and O–H groups in total. The number of hydrazine groups is 1. The van der Waals surface area contributed by atoms with E-state index in [0.29, 0.717) is 11.5 Å². The number of anilines is 1. The minimum Gasteiger partial charge on any atom is -0.403 e. The topological polar surface area (TPSA) is 106 Å². The van der Waals surface area contributed by atoms with Gasteiger partial charge in [-0.1, -0.05) is 0 Å². The summed E-state index contributed by atoms with van der Waals surface area (Å²) in [4.78, 5) is 14.8. The molecule has 0 atom stereocenters. The number of carbonyl (C=O) groups is 1. The number of rotatable bonds is 3. The molecule has 0 aromatic carbocycles. The van der Waals surface area contributed by atoms with E-state index in [1.54, 1.807) is 18.3 Å². The van der Waals surface area contributed by atoms with E-state index in [2.05, 4.69) is 15.7 Å². The van der Waals surface area contributed by atoms with Crippen LogP contribution in [0.1, 0.15) is 12.5 Å². The van der Waals surface area contributed by atoms with E-state index in [-0.39, 0.29) is 5.91 Å². The Hall–Kier alpha value is -2.08. The van der Waals surface area contributed by atoms with Crippen molar-refractivity contribution in [1.29, 1.82) is 0 Å². The van der Waals surface area contributed by atoms with Crippen molar-refractivity contribution in [2.24, 2.45) is 11.6 Å². The lowest BCUT2D eigenvalue weighted by atomic mass is 10.2. The molecule has 0 aliphatic carbocycles. The monoisotopic (exact) mass is 207 g/mol. The summed E-state index contributed by atoms with van der Waals surface area (Å²) in [5.41, 5.74) is 9.11. The van der Waals surface area contributed by atoms with Crippen LogP contribution in [0.25, 0.3) is 5.70 Å². The van der Waals surface area contributed by atoms with Gasteiger partial charge in [-0.15, -0.1) is 0 Å². The summed E-state index contributed by atoms with van der Waals surface area (Å²) >= 11 is 0. The second-order valence-electron chi connectivity index (χ2n) is 2.84. The molecule has 1 aromatic heterocycles. The maximum atomic E-state index is 10.8. The fourth-order valence-electron chi connectivity index (χ4n) is 1.07. The predicted molar refractivity (Wildman–Crippen MR) is 58.0 cm³/mol. The largest absolute Gasteiger partial charge is 0.403 e. The highest BCUT2D eigenvalue weighted by Crippen LogP contribution is 2.12. The molecule has 0 bridgehead atoms. The van der Waals surface area contributed by atoms with Crippen LogP contribution in [0.15, 0.2) is 24.5 Å². The Bertz CT molecular complexity index is 388. The smallest absolute Gasteiger partial charge is 0.222 e. The van der Waals surface area contributed by atoms with Crippen molar-refractivity contribution in [2.45, 2.75) is 6.92 Å². The summed E-state index contributed by atoms with van der Waals surface area (Å²) in [7, 11) is 0. The van der Waals surface area contributed by atoms with Gasteiger partial charge in [-0.3, -0.25) is 10.6 Å². The number of pyridine rings is 1. The Balaban J connectivity index is 2.96. The molecule has 0 saturated heterocycles. The molecule has 1 heterocycles. The average Bonchev–Trinajstić information content (AvgIpc) is 2.19. The molecule has 0 unspecified atom stereocenters. The molecule has 0 saturated carbocycles. The summed E-state index contributed by atoms with van der Waals surface area (Å²) in [6.07, 6.45) is 2.90. The highest BCUT2D eigenvalue weighted by molar-refractivity contribution is 5.88. The van der Waals surface area contributed by atoms with Gasteiger partial charge in [0.05, 0.1) is 5.70 Å². The van der Waals surface area contributed by atoms with Crippen LogP contribution in [-0.4, -0.2) is 10.9 Å². The van der Waals surface area contributed by atoms with Gasteiger partial charge in [0, 0.05) is 24.9 Å². The van der Waals surface area contributed by atoms with E-state index in [0.717, 1.165) is 5.56 Å². The maximum Gasteiger partial charge on any atom is 0.222 e. The molecule has 0 spiro atoms. The Labute approximate surface area is 87.3 Å². The van der Waals surface area contributed by atoms with Gasteiger partial charge in [-0.25, -0.2) is 4.98 Å². The molecule has 0 radical (unpaired) electrons. The van der Waals surface area contributed by atoms with Gasteiger partial charge in [0.2, 0.25) is 5.91 Å². The lowest BCUT2D eigenvalue weighted by molar-refractivity contribution is -0.114. The number of hydrogen-bond donors (Lipinski definition) is 4. The van der Waals surface area contributed by atoms with E-state index in [4.69, 9.17) is 11.6 Å². The Morgan fingerprint density at radius 2 is 2.33 bits per heavy atom. The summed E-state index contributed by atoms with van der Waals surface area (Å²) in [5.74, 6) is 5.53. The summed E-state index contributed by atoms with van der Waals surface area (Å²) in [5, 5.41) is 2.56. The van der Waals surface area contributed by atoms with Crippen LogP contribution >= 0.6 is 0 Å². The van der Waals surface area contributed by atoms with Crippen LogP contribution in [0.2, 0.25) is 0 Å². The number of nitrogens with two attached hydrogens (primary N) is 2. The number of nitrogens with zero attached hydrogens (tertiary/aromatic N) is 1. The first kappa shape index (κ1) is 11.0. The van der Waals surface area contributed by atoms with Crippen LogP contribution in [0, 0.1) is 0 Å².